The Morgan fingerprint density at radius 2 is 2.06 bits per heavy atom. The Morgan fingerprint density at radius 1 is 1.39 bits per heavy atom. The summed E-state index contributed by atoms with van der Waals surface area (Å²) in [5, 5.41) is 3.69. The highest BCUT2D eigenvalue weighted by molar-refractivity contribution is 9.10. The molecule has 2 nitrogen and oxygen atoms in total. The second kappa shape index (κ2) is 4.63. The van der Waals surface area contributed by atoms with E-state index in [1.54, 1.807) is 17.0 Å². The summed E-state index contributed by atoms with van der Waals surface area (Å²) >= 11 is 8.57. The summed E-state index contributed by atoms with van der Waals surface area (Å²) in [6.07, 6.45) is 2.03. The van der Waals surface area contributed by atoms with Crippen LogP contribution in [0.25, 0.3) is 0 Å². The van der Waals surface area contributed by atoms with Gasteiger partial charge in [0.05, 0.1) is 11.2 Å². The third kappa shape index (κ3) is 2.57. The van der Waals surface area contributed by atoms with Crippen LogP contribution in [0.3, 0.4) is 0 Å². The highest BCUT2D eigenvalue weighted by Crippen LogP contribution is 2.29. The number of rotatable bonds is 1. The van der Waals surface area contributed by atoms with Crippen LogP contribution in [0.4, 0.5) is 10.1 Å². The summed E-state index contributed by atoms with van der Waals surface area (Å²) in [4.78, 5) is 1.71. The van der Waals surface area contributed by atoms with Crippen molar-refractivity contribution in [3.63, 3.8) is 0 Å². The highest BCUT2D eigenvalue weighted by Gasteiger charge is 2.28. The lowest BCUT2D eigenvalue weighted by Gasteiger charge is -2.38. The number of hydrogen-bond donors (Lipinski definition) is 1. The van der Waals surface area contributed by atoms with Crippen molar-refractivity contribution in [1.82, 2.24) is 5.32 Å². The van der Waals surface area contributed by atoms with E-state index in [0.717, 1.165) is 5.70 Å². The van der Waals surface area contributed by atoms with E-state index in [0.29, 0.717) is 15.3 Å². The third-order valence-corrected chi connectivity index (χ3v) is 3.48. The van der Waals surface area contributed by atoms with Crippen molar-refractivity contribution in [2.24, 2.45) is 0 Å². The summed E-state index contributed by atoms with van der Waals surface area (Å²) in [6, 6.07) is 4.95. The molecule has 0 spiro atoms. The van der Waals surface area contributed by atoms with Crippen molar-refractivity contribution in [1.29, 1.82) is 0 Å². The second-order valence-corrected chi connectivity index (χ2v) is 6.17. The molecule has 0 aliphatic carbocycles. The minimum atomic E-state index is -0.305. The van der Waals surface area contributed by atoms with Crippen molar-refractivity contribution in [2.45, 2.75) is 26.3 Å². The summed E-state index contributed by atoms with van der Waals surface area (Å²) < 4.78 is 14.7. The maximum absolute atomic E-state index is 14.0. The number of halogens is 2. The first kappa shape index (κ1) is 13.5. The molecule has 1 heterocycles. The predicted octanol–water partition coefficient (Wildman–Crippen LogP) is 3.97. The van der Waals surface area contributed by atoms with Crippen LogP contribution in [-0.2, 0) is 0 Å². The molecule has 1 aliphatic heterocycles. The van der Waals surface area contributed by atoms with Gasteiger partial charge in [-0.25, -0.2) is 4.39 Å². The number of allylic oxidation sites excluding steroid dienone is 1. The van der Waals surface area contributed by atoms with E-state index < -0.39 is 0 Å². The molecule has 0 unspecified atom stereocenters. The molecule has 1 aromatic rings. The van der Waals surface area contributed by atoms with Crippen LogP contribution in [0.1, 0.15) is 20.8 Å². The number of benzene rings is 1. The van der Waals surface area contributed by atoms with Gasteiger partial charge in [0.2, 0.25) is 0 Å². The molecular weight excluding hydrogens is 315 g/mol. The summed E-state index contributed by atoms with van der Waals surface area (Å²) in [6.45, 7) is 5.98. The molecular formula is C13H14BrFN2S. The maximum atomic E-state index is 14.0. The lowest BCUT2D eigenvalue weighted by molar-refractivity contribution is 0.557. The summed E-state index contributed by atoms with van der Waals surface area (Å²) in [5.41, 5.74) is 1.17. The van der Waals surface area contributed by atoms with E-state index in [2.05, 4.69) is 21.2 Å². The molecule has 18 heavy (non-hydrogen) atoms. The molecule has 0 aromatic heterocycles. The molecule has 1 N–H and O–H groups in total. The molecule has 0 radical (unpaired) electrons. The average Bonchev–Trinajstić information content (AvgIpc) is 2.18. The van der Waals surface area contributed by atoms with Crippen molar-refractivity contribution in [3.8, 4) is 0 Å². The van der Waals surface area contributed by atoms with Crippen LogP contribution >= 0.6 is 28.1 Å². The predicted molar refractivity (Wildman–Crippen MR) is 80.1 cm³/mol. The van der Waals surface area contributed by atoms with Gasteiger partial charge in [-0.2, -0.15) is 0 Å². The van der Waals surface area contributed by atoms with E-state index in [4.69, 9.17) is 12.2 Å². The van der Waals surface area contributed by atoms with Crippen LogP contribution in [0.15, 0.2) is 34.4 Å². The van der Waals surface area contributed by atoms with Gasteiger partial charge in [-0.15, -0.1) is 0 Å². The Kier molecular flexibility index (Phi) is 3.47. The molecule has 0 saturated carbocycles. The fourth-order valence-electron chi connectivity index (χ4n) is 2.08. The van der Waals surface area contributed by atoms with Crippen LogP contribution in [0, 0.1) is 5.82 Å². The lowest BCUT2D eigenvalue weighted by Crippen LogP contribution is -2.53. The van der Waals surface area contributed by atoms with Crippen molar-refractivity contribution >= 4 is 38.9 Å². The number of nitrogens with one attached hydrogen (secondary N) is 1. The first-order valence-corrected chi connectivity index (χ1v) is 6.77. The number of thiocarbonyl (C=S) groups is 1. The van der Waals surface area contributed by atoms with Gasteiger partial charge in [-0.3, -0.25) is 4.90 Å². The maximum Gasteiger partial charge on any atom is 0.178 e. The monoisotopic (exact) mass is 328 g/mol. The van der Waals surface area contributed by atoms with Gasteiger partial charge >= 0.3 is 0 Å². The van der Waals surface area contributed by atoms with Gasteiger partial charge in [-0.1, -0.05) is 15.9 Å². The van der Waals surface area contributed by atoms with Gasteiger partial charge in [0.25, 0.3) is 0 Å². The summed E-state index contributed by atoms with van der Waals surface area (Å²) in [5.74, 6) is -0.305. The largest absolute Gasteiger partial charge is 0.354 e. The molecule has 0 amide bonds. The lowest BCUT2D eigenvalue weighted by atomic mass is 10.0. The van der Waals surface area contributed by atoms with E-state index in [9.17, 15) is 4.39 Å². The average molecular weight is 329 g/mol. The highest BCUT2D eigenvalue weighted by atomic mass is 79.9. The van der Waals surface area contributed by atoms with Gasteiger partial charge in [0.1, 0.15) is 5.82 Å². The fourth-order valence-corrected chi connectivity index (χ4v) is 2.92. The smallest absolute Gasteiger partial charge is 0.178 e. The van der Waals surface area contributed by atoms with Crippen LogP contribution in [0.5, 0.6) is 0 Å². The Morgan fingerprint density at radius 3 is 2.61 bits per heavy atom. The van der Waals surface area contributed by atoms with Crippen LogP contribution in [-0.4, -0.2) is 10.7 Å². The topological polar surface area (TPSA) is 15.3 Å². The van der Waals surface area contributed by atoms with E-state index in [1.165, 1.54) is 6.07 Å². The Labute approximate surface area is 120 Å². The number of hydrogen-bond acceptors (Lipinski definition) is 1. The zero-order valence-corrected chi connectivity index (χ0v) is 12.8. The SMILES string of the molecule is CC1=CC(C)(C)NC(=S)N1c1ccc(Br)cc1F. The van der Waals surface area contributed by atoms with E-state index in [-0.39, 0.29) is 11.4 Å². The Bertz CT molecular complexity index is 540. The molecule has 5 heteroatoms. The van der Waals surface area contributed by atoms with Gasteiger partial charge in [0, 0.05) is 10.2 Å². The minimum Gasteiger partial charge on any atom is -0.354 e. The minimum absolute atomic E-state index is 0.205. The molecule has 0 bridgehead atoms. The normalized spacial score (nSPS) is 18.4. The van der Waals surface area contributed by atoms with Crippen LogP contribution in [0.2, 0.25) is 0 Å². The second-order valence-electron chi connectivity index (χ2n) is 4.87. The Hall–Kier alpha value is -0.940. The first-order valence-electron chi connectivity index (χ1n) is 5.57. The van der Waals surface area contributed by atoms with Crippen molar-refractivity contribution < 1.29 is 4.39 Å². The third-order valence-electron chi connectivity index (χ3n) is 2.71. The molecule has 1 aromatic carbocycles. The van der Waals surface area contributed by atoms with Gasteiger partial charge in [0.15, 0.2) is 5.11 Å². The molecule has 0 fully saturated rings. The van der Waals surface area contributed by atoms with Gasteiger partial charge < -0.3 is 5.32 Å². The molecule has 96 valence electrons. The quantitative estimate of drug-likeness (QED) is 0.785. The number of anilines is 1. The summed E-state index contributed by atoms with van der Waals surface area (Å²) in [7, 11) is 0. The standard InChI is InChI=1S/C13H14BrFN2S/c1-8-7-13(2,3)16-12(18)17(8)11-5-4-9(14)6-10(11)15/h4-7H,1-3H3,(H,16,18). The van der Waals surface area contributed by atoms with Crippen molar-refractivity contribution in [3.05, 3.63) is 40.3 Å². The fraction of sp³-hybridized carbons (Fsp3) is 0.308. The Balaban J connectivity index is 2.48. The van der Waals surface area contributed by atoms with E-state index in [1.807, 2.05) is 26.8 Å². The molecule has 0 atom stereocenters. The van der Waals surface area contributed by atoms with Gasteiger partial charge in [-0.05, 0) is 57.3 Å². The zero-order chi connectivity index (χ0) is 13.5. The zero-order valence-electron chi connectivity index (χ0n) is 10.4. The first-order chi connectivity index (χ1) is 8.30. The number of nitrogens with zero attached hydrogens (tertiary/aromatic N) is 1. The molecule has 2 rings (SSSR count). The van der Waals surface area contributed by atoms with Crippen LogP contribution < -0.4 is 10.2 Å². The van der Waals surface area contributed by atoms with E-state index >= 15 is 0 Å². The molecule has 0 saturated heterocycles. The molecule has 1 aliphatic rings. The van der Waals surface area contributed by atoms with Crippen molar-refractivity contribution in [2.75, 3.05) is 4.90 Å².